The van der Waals surface area contributed by atoms with Gasteiger partial charge in [-0.1, -0.05) is 19.0 Å². The summed E-state index contributed by atoms with van der Waals surface area (Å²) in [4.78, 5) is 19.9. The molecule has 2 aromatic heterocycles. The van der Waals surface area contributed by atoms with E-state index in [-0.39, 0.29) is 11.0 Å². The van der Waals surface area contributed by atoms with Gasteiger partial charge in [-0.2, -0.15) is 4.98 Å². The summed E-state index contributed by atoms with van der Waals surface area (Å²) in [6, 6.07) is 1.96. The van der Waals surface area contributed by atoms with Crippen LogP contribution in [0.2, 0.25) is 0 Å². The molecule has 22 heavy (non-hydrogen) atoms. The van der Waals surface area contributed by atoms with Crippen LogP contribution < -0.4 is 5.56 Å². The molecule has 0 radical (unpaired) electrons. The van der Waals surface area contributed by atoms with Crippen LogP contribution in [0.15, 0.2) is 15.4 Å². The van der Waals surface area contributed by atoms with Gasteiger partial charge in [-0.15, -0.1) is 0 Å². The number of hydrogen-bond donors (Lipinski definition) is 1. The van der Waals surface area contributed by atoms with E-state index in [2.05, 4.69) is 29.0 Å². The van der Waals surface area contributed by atoms with Crippen LogP contribution in [0.4, 0.5) is 0 Å². The standard InChI is InChI=1S/C17H21N3O2/c1-10(2)17(7-8-17)16-19-14(20-22-16)12-9-11-5-3-4-6-13(11)18-15(12)21/h9-10H,3-8H2,1-2H3,(H,18,21). The molecule has 2 heterocycles. The SMILES string of the molecule is CC(C)C1(c2nc(-c3cc4c([nH]c3=O)CCCC4)no2)CC1. The van der Waals surface area contributed by atoms with Gasteiger partial charge in [0.05, 0.1) is 11.0 Å². The first-order chi connectivity index (χ1) is 10.6. The van der Waals surface area contributed by atoms with Crippen molar-refractivity contribution in [3.05, 3.63) is 33.6 Å². The van der Waals surface area contributed by atoms with Crippen molar-refractivity contribution in [3.63, 3.8) is 0 Å². The average molecular weight is 299 g/mol. The minimum absolute atomic E-state index is 0.0339. The number of H-pyrrole nitrogens is 1. The number of aromatic nitrogens is 3. The predicted molar refractivity (Wildman–Crippen MR) is 82.7 cm³/mol. The van der Waals surface area contributed by atoms with Crippen LogP contribution >= 0.6 is 0 Å². The molecule has 5 nitrogen and oxygen atoms in total. The minimum atomic E-state index is -0.109. The van der Waals surface area contributed by atoms with Gasteiger partial charge in [0.15, 0.2) is 0 Å². The zero-order valence-corrected chi connectivity index (χ0v) is 13.1. The Morgan fingerprint density at radius 2 is 2.05 bits per heavy atom. The van der Waals surface area contributed by atoms with Crippen LogP contribution in [0.5, 0.6) is 0 Å². The third-order valence-corrected chi connectivity index (χ3v) is 5.32. The zero-order valence-electron chi connectivity index (χ0n) is 13.1. The fraction of sp³-hybridized carbons (Fsp3) is 0.588. The van der Waals surface area contributed by atoms with Crippen molar-refractivity contribution in [1.29, 1.82) is 0 Å². The molecule has 0 saturated heterocycles. The molecule has 0 spiro atoms. The van der Waals surface area contributed by atoms with Crippen LogP contribution in [0.1, 0.15) is 56.7 Å². The summed E-state index contributed by atoms with van der Waals surface area (Å²) in [5.41, 5.74) is 2.76. The molecule has 0 aromatic carbocycles. The third kappa shape index (κ3) is 2.02. The van der Waals surface area contributed by atoms with Crippen molar-refractivity contribution in [2.45, 2.75) is 57.8 Å². The molecule has 2 aliphatic carbocycles. The monoisotopic (exact) mass is 299 g/mol. The molecule has 0 aliphatic heterocycles. The molecule has 1 saturated carbocycles. The molecule has 2 aliphatic rings. The summed E-state index contributed by atoms with van der Waals surface area (Å²) >= 11 is 0. The molecule has 5 heteroatoms. The molecule has 2 aromatic rings. The summed E-state index contributed by atoms with van der Waals surface area (Å²) in [7, 11) is 0. The summed E-state index contributed by atoms with van der Waals surface area (Å²) in [5, 5.41) is 4.08. The Morgan fingerprint density at radius 3 is 2.77 bits per heavy atom. The first kappa shape index (κ1) is 13.7. The van der Waals surface area contributed by atoms with E-state index in [1.807, 2.05) is 6.07 Å². The van der Waals surface area contributed by atoms with E-state index >= 15 is 0 Å². The molecule has 0 amide bonds. The van der Waals surface area contributed by atoms with Gasteiger partial charge in [-0.05, 0) is 56.1 Å². The number of aromatic amines is 1. The highest BCUT2D eigenvalue weighted by Crippen LogP contribution is 2.53. The number of aryl methyl sites for hydroxylation is 2. The number of hydrogen-bond acceptors (Lipinski definition) is 4. The van der Waals surface area contributed by atoms with Crippen LogP contribution in [0.25, 0.3) is 11.4 Å². The molecule has 1 N–H and O–H groups in total. The molecular weight excluding hydrogens is 278 g/mol. The summed E-state index contributed by atoms with van der Waals surface area (Å²) in [6.45, 7) is 4.37. The van der Waals surface area contributed by atoms with Gasteiger partial charge in [0.1, 0.15) is 0 Å². The Morgan fingerprint density at radius 1 is 1.27 bits per heavy atom. The molecule has 116 valence electrons. The quantitative estimate of drug-likeness (QED) is 0.945. The highest BCUT2D eigenvalue weighted by Gasteiger charge is 2.51. The molecule has 4 rings (SSSR count). The molecular formula is C17H21N3O2. The molecule has 0 atom stereocenters. The number of nitrogens with zero attached hydrogens (tertiary/aromatic N) is 2. The van der Waals surface area contributed by atoms with E-state index in [0.29, 0.717) is 23.2 Å². The number of nitrogens with one attached hydrogen (secondary N) is 1. The van der Waals surface area contributed by atoms with Crippen molar-refractivity contribution in [3.8, 4) is 11.4 Å². The zero-order chi connectivity index (χ0) is 15.3. The van der Waals surface area contributed by atoms with Gasteiger partial charge in [0, 0.05) is 5.69 Å². The van der Waals surface area contributed by atoms with Gasteiger partial charge in [-0.3, -0.25) is 4.79 Å². The second-order valence-electron chi connectivity index (χ2n) is 6.96. The van der Waals surface area contributed by atoms with Gasteiger partial charge < -0.3 is 9.51 Å². The predicted octanol–water partition coefficient (Wildman–Crippen LogP) is 2.99. The number of fused-ring (bicyclic) bond motifs is 1. The molecule has 0 bridgehead atoms. The van der Waals surface area contributed by atoms with Crippen LogP contribution in [0.3, 0.4) is 0 Å². The lowest BCUT2D eigenvalue weighted by Crippen LogP contribution is -2.17. The summed E-state index contributed by atoms with van der Waals surface area (Å²) in [5.74, 6) is 1.59. The average Bonchev–Trinajstić information content (AvgIpc) is 3.18. The Labute approximate surface area is 129 Å². The Hall–Kier alpha value is -1.91. The highest BCUT2D eigenvalue weighted by molar-refractivity contribution is 5.55. The maximum atomic E-state index is 12.3. The van der Waals surface area contributed by atoms with E-state index in [0.717, 1.165) is 37.8 Å². The van der Waals surface area contributed by atoms with Crippen molar-refractivity contribution in [1.82, 2.24) is 15.1 Å². The van der Waals surface area contributed by atoms with E-state index in [4.69, 9.17) is 4.52 Å². The van der Waals surface area contributed by atoms with E-state index in [9.17, 15) is 4.79 Å². The lowest BCUT2D eigenvalue weighted by atomic mass is 9.92. The fourth-order valence-electron chi connectivity index (χ4n) is 3.55. The van der Waals surface area contributed by atoms with Crippen molar-refractivity contribution in [2.24, 2.45) is 5.92 Å². The second kappa shape index (κ2) is 4.80. The molecule has 0 unspecified atom stereocenters. The number of rotatable bonds is 3. The summed E-state index contributed by atoms with van der Waals surface area (Å²) < 4.78 is 5.49. The maximum Gasteiger partial charge on any atom is 0.259 e. The van der Waals surface area contributed by atoms with Gasteiger partial charge >= 0.3 is 0 Å². The summed E-state index contributed by atoms with van der Waals surface area (Å²) in [6.07, 6.45) is 6.47. The highest BCUT2D eigenvalue weighted by atomic mass is 16.5. The Balaban J connectivity index is 1.74. The third-order valence-electron chi connectivity index (χ3n) is 5.32. The largest absolute Gasteiger partial charge is 0.338 e. The topological polar surface area (TPSA) is 71.8 Å². The normalized spacial score (nSPS) is 19.2. The lowest BCUT2D eigenvalue weighted by molar-refractivity contribution is 0.308. The van der Waals surface area contributed by atoms with E-state index in [1.54, 1.807) is 0 Å². The maximum absolute atomic E-state index is 12.3. The minimum Gasteiger partial charge on any atom is -0.338 e. The van der Waals surface area contributed by atoms with Crippen LogP contribution in [-0.4, -0.2) is 15.1 Å². The smallest absolute Gasteiger partial charge is 0.259 e. The van der Waals surface area contributed by atoms with E-state index < -0.39 is 0 Å². The van der Waals surface area contributed by atoms with Crippen LogP contribution in [-0.2, 0) is 18.3 Å². The van der Waals surface area contributed by atoms with Gasteiger partial charge in [0.25, 0.3) is 5.56 Å². The first-order valence-electron chi connectivity index (χ1n) is 8.20. The van der Waals surface area contributed by atoms with Crippen molar-refractivity contribution in [2.75, 3.05) is 0 Å². The van der Waals surface area contributed by atoms with Gasteiger partial charge in [0.2, 0.25) is 11.7 Å². The van der Waals surface area contributed by atoms with Crippen molar-refractivity contribution >= 4 is 0 Å². The first-order valence-corrected chi connectivity index (χ1v) is 8.20. The second-order valence-corrected chi connectivity index (χ2v) is 6.96. The molecule has 1 fully saturated rings. The lowest BCUT2D eigenvalue weighted by Gasteiger charge is -2.15. The Kier molecular flexibility index (Phi) is 2.99. The van der Waals surface area contributed by atoms with Crippen molar-refractivity contribution < 1.29 is 4.52 Å². The fourth-order valence-corrected chi connectivity index (χ4v) is 3.55. The Bertz CT molecular complexity index is 768. The van der Waals surface area contributed by atoms with Gasteiger partial charge in [-0.25, -0.2) is 0 Å². The number of pyridine rings is 1. The van der Waals surface area contributed by atoms with E-state index in [1.165, 1.54) is 12.0 Å². The van der Waals surface area contributed by atoms with Crippen LogP contribution in [0, 0.1) is 5.92 Å².